The summed E-state index contributed by atoms with van der Waals surface area (Å²) < 4.78 is 11.4. The lowest BCUT2D eigenvalue weighted by molar-refractivity contribution is -0.759. The highest BCUT2D eigenvalue weighted by atomic mass is 16.9. The van der Waals surface area contributed by atoms with E-state index in [0.29, 0.717) is 48.6 Å². The number of ketones is 1. The van der Waals surface area contributed by atoms with E-state index in [1.54, 1.807) is 18.1 Å². The first-order valence-electron chi connectivity index (χ1n) is 12.8. The summed E-state index contributed by atoms with van der Waals surface area (Å²) in [6.45, 7) is 0.879. The first-order chi connectivity index (χ1) is 18.9. The van der Waals surface area contributed by atoms with Crippen LogP contribution in [0.25, 0.3) is 11.6 Å². The van der Waals surface area contributed by atoms with Gasteiger partial charge in [-0.15, -0.1) is 10.1 Å². The van der Waals surface area contributed by atoms with Gasteiger partial charge in [0.2, 0.25) is 0 Å². The molecule has 3 aromatic rings. The fraction of sp³-hybridized carbons (Fsp3) is 0.267. The third kappa shape index (κ3) is 5.62. The Hall–Kier alpha value is -4.66. The molecule has 9 nitrogen and oxygen atoms in total. The smallest absolute Gasteiger partial charge is 0.294 e. The van der Waals surface area contributed by atoms with Crippen LogP contribution in [0.2, 0.25) is 0 Å². The monoisotopic (exact) mass is 528 g/mol. The molecule has 0 unspecified atom stereocenters. The molecular weight excluding hydrogens is 500 g/mol. The van der Waals surface area contributed by atoms with Gasteiger partial charge in [-0.25, -0.2) is 0 Å². The van der Waals surface area contributed by atoms with Gasteiger partial charge >= 0.3 is 0 Å². The number of fused-ring (bicyclic) bond motifs is 2. The van der Waals surface area contributed by atoms with Gasteiger partial charge in [-0.1, -0.05) is 54.6 Å². The van der Waals surface area contributed by atoms with Crippen molar-refractivity contribution < 1.29 is 29.0 Å². The first-order valence-corrected chi connectivity index (χ1v) is 12.8. The number of likely N-dealkylation sites (tertiary alicyclic amines) is 1. The number of nitrogens with zero attached hydrogens (tertiary/aromatic N) is 2. The minimum atomic E-state index is -0.784. The predicted octanol–water partition coefficient (Wildman–Crippen LogP) is 4.65. The Bertz CT molecular complexity index is 1390. The van der Waals surface area contributed by atoms with Gasteiger partial charge in [-0.2, -0.15) is 0 Å². The van der Waals surface area contributed by atoms with Crippen molar-refractivity contribution in [3.05, 3.63) is 105 Å². The van der Waals surface area contributed by atoms with Gasteiger partial charge in [-0.3, -0.25) is 9.59 Å². The second-order valence-corrected chi connectivity index (χ2v) is 9.52. The van der Waals surface area contributed by atoms with Gasteiger partial charge < -0.3 is 19.2 Å². The van der Waals surface area contributed by atoms with E-state index < -0.39 is 5.09 Å². The van der Waals surface area contributed by atoms with Crippen molar-refractivity contribution in [3.63, 3.8) is 0 Å². The third-order valence-corrected chi connectivity index (χ3v) is 7.16. The standard InChI is InChI=1S/C30H28N2O7/c1-37-27-11-10-21(16-26-22-6-2-4-8-24(22)30(34)25-9-5-3-7-23(25)26)17-28(27)38-19-29(33)31-14-12-20(13-15-31)18-39-32(35)36/h2-11,16-17,20H,12-15,18-19H2,1H3. The Morgan fingerprint density at radius 3 is 2.18 bits per heavy atom. The van der Waals surface area contributed by atoms with Crippen molar-refractivity contribution in [1.29, 1.82) is 0 Å². The molecular formula is C30H28N2O7. The van der Waals surface area contributed by atoms with Crippen LogP contribution in [0.4, 0.5) is 0 Å². The lowest BCUT2D eigenvalue weighted by Gasteiger charge is -2.31. The SMILES string of the molecule is COc1ccc(C=C2c3ccccc3C(=O)c3ccccc32)cc1OCC(=O)N1CCC(CO[N+](=O)[O-])CC1. The maximum absolute atomic E-state index is 13.1. The largest absolute Gasteiger partial charge is 0.493 e. The fourth-order valence-electron chi connectivity index (χ4n) is 5.09. The molecule has 1 aliphatic heterocycles. The van der Waals surface area contributed by atoms with Crippen LogP contribution in [0, 0.1) is 16.0 Å². The van der Waals surface area contributed by atoms with Crippen LogP contribution in [0.3, 0.4) is 0 Å². The second-order valence-electron chi connectivity index (χ2n) is 9.52. The number of methoxy groups -OCH3 is 1. The van der Waals surface area contributed by atoms with Crippen molar-refractivity contribution in [2.45, 2.75) is 12.8 Å². The van der Waals surface area contributed by atoms with Gasteiger partial charge in [0.1, 0.15) is 0 Å². The molecule has 5 rings (SSSR count). The van der Waals surface area contributed by atoms with Crippen molar-refractivity contribution in [2.75, 3.05) is 33.4 Å². The molecule has 0 aromatic heterocycles. The zero-order valence-corrected chi connectivity index (χ0v) is 21.5. The van der Waals surface area contributed by atoms with E-state index in [1.807, 2.05) is 66.7 Å². The van der Waals surface area contributed by atoms with Crippen LogP contribution in [0.1, 0.15) is 45.5 Å². The average Bonchev–Trinajstić information content (AvgIpc) is 2.97. The molecule has 39 heavy (non-hydrogen) atoms. The quantitative estimate of drug-likeness (QED) is 0.242. The van der Waals surface area contributed by atoms with E-state index >= 15 is 0 Å². The number of amides is 1. The summed E-state index contributed by atoms with van der Waals surface area (Å²) in [7, 11) is 1.54. The maximum atomic E-state index is 13.1. The lowest BCUT2D eigenvalue weighted by atomic mass is 9.81. The van der Waals surface area contributed by atoms with Crippen molar-refractivity contribution in [3.8, 4) is 11.5 Å². The van der Waals surface area contributed by atoms with Crippen LogP contribution < -0.4 is 9.47 Å². The van der Waals surface area contributed by atoms with Crippen LogP contribution in [-0.2, 0) is 9.63 Å². The first kappa shape index (κ1) is 26.0. The lowest BCUT2D eigenvalue weighted by Crippen LogP contribution is -2.41. The van der Waals surface area contributed by atoms with Gasteiger partial charge in [-0.05, 0) is 59.2 Å². The molecule has 1 aliphatic carbocycles. The highest BCUT2D eigenvalue weighted by molar-refractivity contribution is 6.20. The molecule has 0 N–H and O–H groups in total. The molecule has 1 saturated heterocycles. The van der Waals surface area contributed by atoms with E-state index in [2.05, 4.69) is 4.84 Å². The van der Waals surface area contributed by atoms with E-state index in [-0.39, 0.29) is 30.8 Å². The zero-order chi connectivity index (χ0) is 27.4. The number of carbonyl (C=O) groups is 2. The Labute approximate surface area is 225 Å². The van der Waals surface area contributed by atoms with Crippen LogP contribution in [-0.4, -0.2) is 55.1 Å². The molecule has 2 aliphatic rings. The highest BCUT2D eigenvalue weighted by Crippen LogP contribution is 2.38. The average molecular weight is 529 g/mol. The predicted molar refractivity (Wildman–Crippen MR) is 144 cm³/mol. The molecule has 9 heteroatoms. The summed E-state index contributed by atoms with van der Waals surface area (Å²) in [6, 6.07) is 20.6. The molecule has 200 valence electrons. The number of ether oxygens (including phenoxy) is 2. The summed E-state index contributed by atoms with van der Waals surface area (Å²) in [5.74, 6) is 0.826. The van der Waals surface area contributed by atoms with Crippen molar-refractivity contribution >= 4 is 23.3 Å². The van der Waals surface area contributed by atoms with Crippen molar-refractivity contribution in [2.24, 2.45) is 5.92 Å². The number of hydrogen-bond donors (Lipinski definition) is 0. The molecule has 1 fully saturated rings. The summed E-state index contributed by atoms with van der Waals surface area (Å²) in [4.78, 5) is 42.5. The third-order valence-electron chi connectivity index (χ3n) is 7.16. The Morgan fingerprint density at radius 2 is 1.59 bits per heavy atom. The van der Waals surface area contributed by atoms with Crippen LogP contribution in [0.5, 0.6) is 11.5 Å². The number of hydrogen-bond acceptors (Lipinski definition) is 7. The second kappa shape index (κ2) is 11.4. The Balaban J connectivity index is 1.33. The minimum absolute atomic E-state index is 0.00459. The van der Waals surface area contributed by atoms with Crippen LogP contribution >= 0.6 is 0 Å². The normalized spacial score (nSPS) is 14.7. The highest BCUT2D eigenvalue weighted by Gasteiger charge is 2.27. The zero-order valence-electron chi connectivity index (χ0n) is 21.5. The molecule has 0 atom stereocenters. The van der Waals surface area contributed by atoms with Gasteiger partial charge in [0.15, 0.2) is 23.9 Å². The van der Waals surface area contributed by atoms with Gasteiger partial charge in [0.05, 0.1) is 13.7 Å². The topological polar surface area (TPSA) is 108 Å². The molecule has 0 saturated carbocycles. The number of rotatable bonds is 8. The van der Waals surface area contributed by atoms with Gasteiger partial charge in [0.25, 0.3) is 11.0 Å². The van der Waals surface area contributed by atoms with Crippen LogP contribution in [0.15, 0.2) is 66.7 Å². The van der Waals surface area contributed by atoms with Crippen molar-refractivity contribution in [1.82, 2.24) is 4.90 Å². The maximum Gasteiger partial charge on any atom is 0.294 e. The number of piperidine rings is 1. The summed E-state index contributed by atoms with van der Waals surface area (Å²) in [6.07, 6.45) is 3.28. The summed E-state index contributed by atoms with van der Waals surface area (Å²) >= 11 is 0. The summed E-state index contributed by atoms with van der Waals surface area (Å²) in [5, 5.41) is 9.64. The van der Waals surface area contributed by atoms with Gasteiger partial charge in [0, 0.05) is 24.2 Å². The molecule has 0 spiro atoms. The molecule has 0 bridgehead atoms. The molecule has 1 heterocycles. The van der Waals surface area contributed by atoms with E-state index in [4.69, 9.17) is 9.47 Å². The van der Waals surface area contributed by atoms with E-state index in [0.717, 1.165) is 22.3 Å². The number of carbonyl (C=O) groups excluding carboxylic acids is 2. The van der Waals surface area contributed by atoms with E-state index in [9.17, 15) is 19.7 Å². The fourth-order valence-corrected chi connectivity index (χ4v) is 5.09. The Kier molecular flexibility index (Phi) is 7.58. The minimum Gasteiger partial charge on any atom is -0.493 e. The molecule has 0 radical (unpaired) electrons. The Morgan fingerprint density at radius 1 is 0.974 bits per heavy atom. The summed E-state index contributed by atoms with van der Waals surface area (Å²) in [5.41, 5.74) is 4.80. The number of benzene rings is 3. The molecule has 1 amide bonds. The van der Waals surface area contributed by atoms with E-state index in [1.165, 1.54) is 0 Å². The molecule has 3 aromatic carbocycles.